The maximum absolute atomic E-state index is 12.4. The molecule has 31 heavy (non-hydrogen) atoms. The van der Waals surface area contributed by atoms with Gasteiger partial charge in [0.15, 0.2) is 5.82 Å². The minimum Gasteiger partial charge on any atom is -0.366 e. The number of amides is 2. The average molecular weight is 422 g/mol. The number of nitrogens with one attached hydrogen (secondary N) is 5. The highest BCUT2D eigenvalue weighted by molar-refractivity contribution is 5.94. The number of hydrogen-bond acceptors (Lipinski definition) is 5. The van der Waals surface area contributed by atoms with Crippen LogP contribution in [0, 0.1) is 0 Å². The number of carbonyl (C=O) groups is 1. The fraction of sp³-hybridized carbons (Fsp3) is 0.435. The van der Waals surface area contributed by atoms with Crippen LogP contribution >= 0.6 is 0 Å². The van der Waals surface area contributed by atoms with E-state index in [2.05, 4.69) is 43.4 Å². The minimum absolute atomic E-state index is 0.104. The van der Waals surface area contributed by atoms with Gasteiger partial charge < -0.3 is 16.0 Å². The topological polar surface area (TPSA) is 107 Å². The van der Waals surface area contributed by atoms with Gasteiger partial charge in [0.25, 0.3) is 0 Å². The molecule has 4 rings (SSSR count). The molecule has 1 aliphatic rings. The first kappa shape index (κ1) is 21.1. The van der Waals surface area contributed by atoms with E-state index < -0.39 is 0 Å². The standard InChI is InChI=1S/C23H31N7O/c1-15(12-18-10-6-7-11-24-18)26-22-19-14-25-21(13-20(19)29-30-22)28-23(31)27-16(2)17-8-4-3-5-9-17/h3-5,8-9,13-16,18,24H,6-7,10-12H2,1-2H3,(H2,26,29,30)(H2,25,27,28,31)/t15?,16-,18?/m1/s1. The zero-order valence-electron chi connectivity index (χ0n) is 18.1. The first-order valence-corrected chi connectivity index (χ1v) is 11.0. The summed E-state index contributed by atoms with van der Waals surface area (Å²) in [4.78, 5) is 16.8. The lowest BCUT2D eigenvalue weighted by Gasteiger charge is -2.26. The summed E-state index contributed by atoms with van der Waals surface area (Å²) < 4.78 is 0. The SMILES string of the molecule is CC(CC1CCCCN1)Nc1n[nH]c2cc(NC(=O)N[C@H](C)c3ccccc3)ncc12. The van der Waals surface area contributed by atoms with E-state index in [0.717, 1.165) is 35.2 Å². The summed E-state index contributed by atoms with van der Waals surface area (Å²) in [5.74, 6) is 1.26. The van der Waals surface area contributed by atoms with Gasteiger partial charge in [-0.3, -0.25) is 10.4 Å². The van der Waals surface area contributed by atoms with E-state index in [0.29, 0.717) is 17.9 Å². The summed E-state index contributed by atoms with van der Waals surface area (Å²) in [6.45, 7) is 5.24. The van der Waals surface area contributed by atoms with Crippen LogP contribution in [0.3, 0.4) is 0 Å². The zero-order chi connectivity index (χ0) is 21.6. The van der Waals surface area contributed by atoms with Crippen LogP contribution in [-0.4, -0.2) is 39.8 Å². The molecule has 1 aliphatic heterocycles. The number of urea groups is 1. The normalized spacial score (nSPS) is 18.3. The maximum atomic E-state index is 12.4. The summed E-state index contributed by atoms with van der Waals surface area (Å²) in [7, 11) is 0. The molecule has 0 bridgehead atoms. The second-order valence-corrected chi connectivity index (χ2v) is 8.35. The predicted octanol–water partition coefficient (Wildman–Crippen LogP) is 4.17. The van der Waals surface area contributed by atoms with E-state index in [1.54, 1.807) is 12.3 Å². The third-order valence-electron chi connectivity index (χ3n) is 5.77. The van der Waals surface area contributed by atoms with E-state index in [4.69, 9.17) is 0 Å². The third kappa shape index (κ3) is 5.52. The Kier molecular flexibility index (Phi) is 6.66. The Hall–Kier alpha value is -3.13. The Morgan fingerprint density at radius 3 is 2.84 bits per heavy atom. The molecule has 2 aromatic heterocycles. The summed E-state index contributed by atoms with van der Waals surface area (Å²) in [5.41, 5.74) is 1.87. The van der Waals surface area contributed by atoms with Crippen LogP contribution < -0.4 is 21.3 Å². The molecule has 0 saturated carbocycles. The van der Waals surface area contributed by atoms with Crippen molar-refractivity contribution in [2.45, 2.75) is 57.7 Å². The Bertz CT molecular complexity index is 998. The Morgan fingerprint density at radius 1 is 1.23 bits per heavy atom. The number of H-pyrrole nitrogens is 1. The predicted molar refractivity (Wildman–Crippen MR) is 124 cm³/mol. The van der Waals surface area contributed by atoms with Gasteiger partial charge in [0.2, 0.25) is 0 Å². The summed E-state index contributed by atoms with van der Waals surface area (Å²) in [6, 6.07) is 12.1. The number of benzene rings is 1. The molecule has 1 saturated heterocycles. The van der Waals surface area contributed by atoms with Gasteiger partial charge in [-0.2, -0.15) is 5.10 Å². The quantitative estimate of drug-likeness (QED) is 0.394. The lowest BCUT2D eigenvalue weighted by molar-refractivity contribution is 0.249. The Labute approximate surface area is 182 Å². The van der Waals surface area contributed by atoms with Gasteiger partial charge in [-0.1, -0.05) is 36.8 Å². The van der Waals surface area contributed by atoms with Gasteiger partial charge in [0, 0.05) is 24.3 Å². The molecule has 8 nitrogen and oxygen atoms in total. The monoisotopic (exact) mass is 421 g/mol. The molecular weight excluding hydrogens is 390 g/mol. The van der Waals surface area contributed by atoms with Crippen LogP contribution in [0.5, 0.6) is 0 Å². The molecule has 5 N–H and O–H groups in total. The van der Waals surface area contributed by atoms with Gasteiger partial charge in [0.05, 0.1) is 16.9 Å². The number of rotatable bonds is 7. The van der Waals surface area contributed by atoms with Crippen molar-refractivity contribution in [1.29, 1.82) is 0 Å². The van der Waals surface area contributed by atoms with Gasteiger partial charge in [-0.15, -0.1) is 0 Å². The van der Waals surface area contributed by atoms with Crippen molar-refractivity contribution in [3.8, 4) is 0 Å². The van der Waals surface area contributed by atoms with Crippen molar-refractivity contribution in [1.82, 2.24) is 25.8 Å². The number of aromatic amines is 1. The Morgan fingerprint density at radius 2 is 2.06 bits per heavy atom. The molecule has 1 fully saturated rings. The van der Waals surface area contributed by atoms with E-state index in [-0.39, 0.29) is 12.1 Å². The molecule has 0 aliphatic carbocycles. The molecule has 164 valence electrons. The van der Waals surface area contributed by atoms with Gasteiger partial charge in [-0.05, 0) is 45.2 Å². The van der Waals surface area contributed by atoms with Crippen molar-refractivity contribution in [3.05, 3.63) is 48.2 Å². The summed E-state index contributed by atoms with van der Waals surface area (Å²) >= 11 is 0. The highest BCUT2D eigenvalue weighted by Crippen LogP contribution is 2.23. The largest absolute Gasteiger partial charge is 0.366 e. The number of aromatic nitrogens is 3. The van der Waals surface area contributed by atoms with Crippen LogP contribution in [0.2, 0.25) is 0 Å². The van der Waals surface area contributed by atoms with E-state index in [1.807, 2.05) is 37.3 Å². The van der Waals surface area contributed by atoms with Crippen LogP contribution in [-0.2, 0) is 0 Å². The maximum Gasteiger partial charge on any atom is 0.320 e. The molecular formula is C23H31N7O. The molecule has 0 spiro atoms. The highest BCUT2D eigenvalue weighted by Gasteiger charge is 2.17. The molecule has 0 radical (unpaired) electrons. The lowest BCUT2D eigenvalue weighted by Crippen LogP contribution is -2.37. The number of fused-ring (bicyclic) bond motifs is 1. The molecule has 3 atom stereocenters. The number of piperidine rings is 1. The fourth-order valence-electron chi connectivity index (χ4n) is 4.11. The number of anilines is 2. The van der Waals surface area contributed by atoms with Crippen LogP contribution in [0.25, 0.3) is 10.9 Å². The average Bonchev–Trinajstić information content (AvgIpc) is 3.16. The number of nitrogens with zero attached hydrogens (tertiary/aromatic N) is 2. The number of hydrogen-bond donors (Lipinski definition) is 5. The molecule has 2 amide bonds. The van der Waals surface area contributed by atoms with Crippen molar-refractivity contribution in [3.63, 3.8) is 0 Å². The van der Waals surface area contributed by atoms with E-state index in [1.165, 1.54) is 19.3 Å². The number of pyridine rings is 1. The molecule has 2 unspecified atom stereocenters. The summed E-state index contributed by atoms with van der Waals surface area (Å²) in [5, 5.41) is 21.2. The highest BCUT2D eigenvalue weighted by atomic mass is 16.2. The van der Waals surface area contributed by atoms with Crippen molar-refractivity contribution >= 4 is 28.6 Å². The second-order valence-electron chi connectivity index (χ2n) is 8.35. The summed E-state index contributed by atoms with van der Waals surface area (Å²) in [6.07, 6.45) is 6.60. The van der Waals surface area contributed by atoms with Crippen molar-refractivity contribution < 1.29 is 4.79 Å². The molecule has 1 aromatic carbocycles. The van der Waals surface area contributed by atoms with Crippen LogP contribution in [0.1, 0.15) is 51.1 Å². The fourth-order valence-corrected chi connectivity index (χ4v) is 4.11. The van der Waals surface area contributed by atoms with Crippen LogP contribution in [0.4, 0.5) is 16.4 Å². The Balaban J connectivity index is 1.35. The zero-order valence-corrected chi connectivity index (χ0v) is 18.1. The van der Waals surface area contributed by atoms with Crippen LogP contribution in [0.15, 0.2) is 42.6 Å². The first-order chi connectivity index (χ1) is 15.1. The van der Waals surface area contributed by atoms with Crippen molar-refractivity contribution in [2.75, 3.05) is 17.2 Å². The van der Waals surface area contributed by atoms with Gasteiger partial charge >= 0.3 is 6.03 Å². The van der Waals surface area contributed by atoms with E-state index >= 15 is 0 Å². The van der Waals surface area contributed by atoms with Gasteiger partial charge in [0.1, 0.15) is 5.82 Å². The minimum atomic E-state index is -0.297. The van der Waals surface area contributed by atoms with Gasteiger partial charge in [-0.25, -0.2) is 9.78 Å². The van der Waals surface area contributed by atoms with E-state index in [9.17, 15) is 4.79 Å². The van der Waals surface area contributed by atoms with Crippen molar-refractivity contribution in [2.24, 2.45) is 0 Å². The third-order valence-corrected chi connectivity index (χ3v) is 5.77. The smallest absolute Gasteiger partial charge is 0.320 e. The number of carbonyl (C=O) groups excluding carboxylic acids is 1. The molecule has 8 heteroatoms. The second kappa shape index (κ2) is 9.78. The molecule has 3 aromatic rings. The molecule has 3 heterocycles. The lowest BCUT2D eigenvalue weighted by atomic mass is 9.99. The first-order valence-electron chi connectivity index (χ1n) is 11.0.